The fraction of sp³-hybridized carbons (Fsp3) is 0.115. The molecule has 2 amide bonds. The van der Waals surface area contributed by atoms with Crippen molar-refractivity contribution in [3.05, 3.63) is 96.4 Å². The van der Waals surface area contributed by atoms with Gasteiger partial charge in [-0.05, 0) is 35.4 Å². The minimum Gasteiger partial charge on any atom is -0.362 e. The van der Waals surface area contributed by atoms with Gasteiger partial charge in [0.25, 0.3) is 11.8 Å². The van der Waals surface area contributed by atoms with E-state index in [1.165, 1.54) is 6.07 Å². The maximum absolute atomic E-state index is 14.8. The van der Waals surface area contributed by atoms with Crippen molar-refractivity contribution in [3.63, 3.8) is 0 Å². The number of hydrogen-bond acceptors (Lipinski definition) is 4. The summed E-state index contributed by atoms with van der Waals surface area (Å²) >= 11 is 0. The van der Waals surface area contributed by atoms with Gasteiger partial charge in [0.1, 0.15) is 19.0 Å². The fourth-order valence-electron chi connectivity index (χ4n) is 3.93. The number of ether oxygens (including phenoxy) is 1. The van der Waals surface area contributed by atoms with Gasteiger partial charge < -0.3 is 4.74 Å². The second kappa shape index (κ2) is 8.80. The zero-order valence-electron chi connectivity index (χ0n) is 17.6. The molecule has 3 aromatic carbocycles. The van der Waals surface area contributed by atoms with Gasteiger partial charge in [-0.25, -0.2) is 9.07 Å². The minimum atomic E-state index is -0.425. The Morgan fingerprint density at radius 2 is 1.45 bits per heavy atom. The van der Waals surface area contributed by atoms with E-state index in [1.807, 2.05) is 54.6 Å². The van der Waals surface area contributed by atoms with Crippen molar-refractivity contribution in [1.82, 2.24) is 14.7 Å². The van der Waals surface area contributed by atoms with E-state index in [4.69, 9.17) is 4.74 Å². The van der Waals surface area contributed by atoms with E-state index in [0.717, 1.165) is 21.7 Å². The molecule has 4 aromatic rings. The van der Waals surface area contributed by atoms with Gasteiger partial charge in [-0.15, -0.1) is 0 Å². The van der Waals surface area contributed by atoms with Gasteiger partial charge in [0, 0.05) is 11.1 Å². The lowest BCUT2D eigenvalue weighted by Crippen LogP contribution is -2.45. The molecule has 1 saturated heterocycles. The topological polar surface area (TPSA) is 64.4 Å². The van der Waals surface area contributed by atoms with Crippen molar-refractivity contribution in [2.45, 2.75) is 6.54 Å². The molecular weight excluding hydrogens is 421 g/mol. The standard InChI is InChI=1S/C26H20FN3O3/c27-23-9-5-4-8-22(23)26-20(15-29-24(31)16-33-17-25(29)32)14-28-30(26)21-12-10-19(11-13-21)18-6-2-1-3-7-18/h1-14H,15-17H2. The van der Waals surface area contributed by atoms with Crippen LogP contribution in [0.5, 0.6) is 0 Å². The lowest BCUT2D eigenvalue weighted by atomic mass is 10.0. The van der Waals surface area contributed by atoms with Crippen LogP contribution in [0.1, 0.15) is 5.56 Å². The molecule has 1 fully saturated rings. The molecule has 1 aliphatic rings. The van der Waals surface area contributed by atoms with Crippen LogP contribution in [0.4, 0.5) is 4.39 Å². The maximum atomic E-state index is 14.8. The Labute approximate surface area is 189 Å². The number of halogens is 1. The Kier molecular flexibility index (Phi) is 5.54. The first-order valence-electron chi connectivity index (χ1n) is 10.5. The van der Waals surface area contributed by atoms with Crippen LogP contribution < -0.4 is 0 Å². The molecular formula is C26H20FN3O3. The molecule has 0 N–H and O–H groups in total. The fourth-order valence-corrected chi connectivity index (χ4v) is 3.93. The van der Waals surface area contributed by atoms with Gasteiger partial charge >= 0.3 is 0 Å². The van der Waals surface area contributed by atoms with Crippen molar-refractivity contribution >= 4 is 11.8 Å². The Morgan fingerprint density at radius 1 is 0.818 bits per heavy atom. The van der Waals surface area contributed by atoms with Crippen molar-refractivity contribution in [1.29, 1.82) is 0 Å². The van der Waals surface area contributed by atoms with Gasteiger partial charge in [-0.2, -0.15) is 5.10 Å². The molecule has 33 heavy (non-hydrogen) atoms. The number of carbonyl (C=O) groups excluding carboxylic acids is 2. The number of amides is 2. The zero-order chi connectivity index (χ0) is 22.8. The highest BCUT2D eigenvalue weighted by molar-refractivity contribution is 5.98. The van der Waals surface area contributed by atoms with Crippen LogP contribution in [0.2, 0.25) is 0 Å². The van der Waals surface area contributed by atoms with Gasteiger partial charge in [-0.3, -0.25) is 14.5 Å². The molecule has 1 aromatic heterocycles. The number of aromatic nitrogens is 2. The highest BCUT2D eigenvalue weighted by Gasteiger charge is 2.29. The van der Waals surface area contributed by atoms with E-state index in [0.29, 0.717) is 16.8 Å². The second-order valence-corrected chi connectivity index (χ2v) is 7.69. The van der Waals surface area contributed by atoms with Crippen LogP contribution in [0, 0.1) is 5.82 Å². The Balaban J connectivity index is 1.57. The third kappa shape index (κ3) is 4.06. The van der Waals surface area contributed by atoms with Crippen molar-refractivity contribution < 1.29 is 18.7 Å². The monoisotopic (exact) mass is 441 g/mol. The van der Waals surface area contributed by atoms with E-state index < -0.39 is 17.6 Å². The lowest BCUT2D eigenvalue weighted by Gasteiger charge is -2.25. The number of carbonyl (C=O) groups is 2. The summed E-state index contributed by atoms with van der Waals surface area (Å²) in [7, 11) is 0. The van der Waals surface area contributed by atoms with Gasteiger partial charge in [0.05, 0.1) is 24.1 Å². The Morgan fingerprint density at radius 3 is 2.15 bits per heavy atom. The third-order valence-corrected chi connectivity index (χ3v) is 5.57. The van der Waals surface area contributed by atoms with Crippen LogP contribution in [0.3, 0.4) is 0 Å². The van der Waals surface area contributed by atoms with E-state index in [-0.39, 0.29) is 19.8 Å². The molecule has 0 atom stereocenters. The zero-order valence-corrected chi connectivity index (χ0v) is 17.6. The van der Waals surface area contributed by atoms with Gasteiger partial charge in [0.2, 0.25) is 0 Å². The number of hydrogen-bond donors (Lipinski definition) is 0. The number of morpholine rings is 1. The van der Waals surface area contributed by atoms with E-state index in [9.17, 15) is 14.0 Å². The summed E-state index contributed by atoms with van der Waals surface area (Å²) in [6.45, 7) is -0.321. The van der Waals surface area contributed by atoms with Crippen LogP contribution in [-0.2, 0) is 20.9 Å². The molecule has 0 spiro atoms. The highest BCUT2D eigenvalue weighted by atomic mass is 19.1. The Bertz CT molecular complexity index is 1300. The van der Waals surface area contributed by atoms with Crippen molar-refractivity contribution in [2.75, 3.05) is 13.2 Å². The summed E-state index contributed by atoms with van der Waals surface area (Å²) in [5.41, 5.74) is 4.26. The first-order valence-corrected chi connectivity index (χ1v) is 10.5. The average molecular weight is 441 g/mol. The average Bonchev–Trinajstić information content (AvgIpc) is 3.26. The number of rotatable bonds is 5. The van der Waals surface area contributed by atoms with Crippen LogP contribution in [0.25, 0.3) is 28.1 Å². The lowest BCUT2D eigenvalue weighted by molar-refractivity contribution is -0.159. The largest absolute Gasteiger partial charge is 0.362 e. The quantitative estimate of drug-likeness (QED) is 0.435. The van der Waals surface area contributed by atoms with E-state index in [1.54, 1.807) is 29.1 Å². The first kappa shape index (κ1) is 20.8. The summed E-state index contributed by atoms with van der Waals surface area (Å²) in [6.07, 6.45) is 1.57. The van der Waals surface area contributed by atoms with Gasteiger partial charge in [-0.1, -0.05) is 54.6 Å². The van der Waals surface area contributed by atoms with Crippen LogP contribution in [-0.4, -0.2) is 39.7 Å². The minimum absolute atomic E-state index is 0.00715. The molecule has 5 rings (SSSR count). The number of benzene rings is 3. The molecule has 0 saturated carbocycles. The summed E-state index contributed by atoms with van der Waals surface area (Å²) in [4.78, 5) is 25.6. The predicted molar refractivity (Wildman–Crippen MR) is 121 cm³/mol. The number of imide groups is 1. The highest BCUT2D eigenvalue weighted by Crippen LogP contribution is 2.31. The van der Waals surface area contributed by atoms with Crippen LogP contribution >= 0.6 is 0 Å². The molecule has 0 radical (unpaired) electrons. The van der Waals surface area contributed by atoms with E-state index >= 15 is 0 Å². The second-order valence-electron chi connectivity index (χ2n) is 7.69. The molecule has 0 aliphatic carbocycles. The summed E-state index contributed by atoms with van der Waals surface area (Å²) in [5.74, 6) is -1.27. The smallest absolute Gasteiger partial charge is 0.255 e. The van der Waals surface area contributed by atoms with Crippen LogP contribution in [0.15, 0.2) is 85.1 Å². The Hall–Kier alpha value is -4.10. The molecule has 6 nitrogen and oxygen atoms in total. The maximum Gasteiger partial charge on any atom is 0.255 e. The molecule has 1 aliphatic heterocycles. The normalized spacial score (nSPS) is 14.0. The molecule has 2 heterocycles. The molecule has 0 bridgehead atoms. The predicted octanol–water partition coefficient (Wildman–Crippen LogP) is 4.23. The molecule has 7 heteroatoms. The summed E-state index contributed by atoms with van der Waals surface area (Å²) in [6, 6.07) is 24.2. The number of nitrogens with zero attached hydrogens (tertiary/aromatic N) is 3. The third-order valence-electron chi connectivity index (χ3n) is 5.57. The summed E-state index contributed by atoms with van der Waals surface area (Å²) in [5, 5.41) is 4.49. The van der Waals surface area contributed by atoms with Crippen molar-refractivity contribution in [3.8, 4) is 28.1 Å². The SMILES string of the molecule is O=C1COCC(=O)N1Cc1cnn(-c2ccc(-c3ccccc3)cc2)c1-c1ccccc1F. The molecule has 0 unspecified atom stereocenters. The van der Waals surface area contributed by atoms with E-state index in [2.05, 4.69) is 5.10 Å². The molecule has 164 valence electrons. The first-order chi connectivity index (χ1) is 16.1. The van der Waals surface area contributed by atoms with Crippen molar-refractivity contribution in [2.24, 2.45) is 0 Å². The summed E-state index contributed by atoms with van der Waals surface area (Å²) < 4.78 is 21.5. The van der Waals surface area contributed by atoms with Gasteiger partial charge in [0.15, 0.2) is 0 Å².